The molecule has 0 N–H and O–H groups in total. The van der Waals surface area contributed by atoms with Crippen LogP contribution in [0.4, 0.5) is 4.39 Å². The summed E-state index contributed by atoms with van der Waals surface area (Å²) in [5, 5.41) is 9.30. The SMILES string of the molecule is C=CCn1c(SCc2ccc(F)cc2)nnc1-c1cccc(S(=O)(=O)N2CCOCC2)c1. The van der Waals surface area contributed by atoms with Gasteiger partial charge in [-0.05, 0) is 29.8 Å². The number of allylic oxidation sites excluding steroid dienone is 1. The molecule has 1 fully saturated rings. The van der Waals surface area contributed by atoms with E-state index >= 15 is 0 Å². The molecular formula is C22H23FN4O3S2. The average molecular weight is 475 g/mol. The van der Waals surface area contributed by atoms with E-state index in [1.165, 1.54) is 28.2 Å². The average Bonchev–Trinajstić information content (AvgIpc) is 3.22. The predicted octanol–water partition coefficient (Wildman–Crippen LogP) is 3.58. The summed E-state index contributed by atoms with van der Waals surface area (Å²) < 4.78 is 47.8. The van der Waals surface area contributed by atoms with Gasteiger partial charge in [0, 0.05) is 31.0 Å². The van der Waals surface area contributed by atoms with Gasteiger partial charge in [-0.1, -0.05) is 42.1 Å². The maximum atomic E-state index is 13.1. The Labute approximate surface area is 191 Å². The lowest BCUT2D eigenvalue weighted by Gasteiger charge is -2.26. The molecule has 168 valence electrons. The summed E-state index contributed by atoms with van der Waals surface area (Å²) in [5.74, 6) is 0.884. The fourth-order valence-corrected chi connectivity index (χ4v) is 5.72. The normalized spacial score (nSPS) is 15.0. The largest absolute Gasteiger partial charge is 0.379 e. The molecule has 0 unspecified atom stereocenters. The zero-order chi connectivity index (χ0) is 22.6. The van der Waals surface area contributed by atoms with Gasteiger partial charge in [0.25, 0.3) is 0 Å². The Balaban J connectivity index is 1.61. The van der Waals surface area contributed by atoms with Crippen molar-refractivity contribution in [3.8, 4) is 11.4 Å². The number of rotatable bonds is 8. The number of thioether (sulfide) groups is 1. The van der Waals surface area contributed by atoms with Crippen LogP contribution in [0.2, 0.25) is 0 Å². The second-order valence-electron chi connectivity index (χ2n) is 7.16. The summed E-state index contributed by atoms with van der Waals surface area (Å²) in [6.07, 6.45) is 1.74. The topological polar surface area (TPSA) is 77.3 Å². The number of sulfonamides is 1. The highest BCUT2D eigenvalue weighted by molar-refractivity contribution is 7.98. The standard InChI is InChI=1S/C22H23FN4O3S2/c1-2-10-27-21(24-25-22(27)31-16-17-6-8-19(23)9-7-17)18-4-3-5-20(15-18)32(28,29)26-11-13-30-14-12-26/h2-9,15H,1,10-14,16H2. The Hall–Kier alpha value is -2.53. The Morgan fingerprint density at radius 2 is 1.88 bits per heavy atom. The molecule has 4 rings (SSSR count). The molecule has 1 aliphatic rings. The van der Waals surface area contributed by atoms with Crippen molar-refractivity contribution < 1.29 is 17.5 Å². The molecule has 0 spiro atoms. The minimum atomic E-state index is -3.62. The highest BCUT2D eigenvalue weighted by Crippen LogP contribution is 2.28. The van der Waals surface area contributed by atoms with Gasteiger partial charge >= 0.3 is 0 Å². The summed E-state index contributed by atoms with van der Waals surface area (Å²) in [7, 11) is -3.62. The molecule has 0 saturated carbocycles. The summed E-state index contributed by atoms with van der Waals surface area (Å²) >= 11 is 1.47. The Kier molecular flexibility index (Phi) is 7.04. The van der Waals surface area contributed by atoms with E-state index in [4.69, 9.17) is 4.74 Å². The third-order valence-electron chi connectivity index (χ3n) is 5.01. The highest BCUT2D eigenvalue weighted by atomic mass is 32.2. The van der Waals surface area contributed by atoms with E-state index in [0.29, 0.717) is 55.1 Å². The minimum absolute atomic E-state index is 0.213. The third kappa shape index (κ3) is 4.93. The molecule has 32 heavy (non-hydrogen) atoms. The van der Waals surface area contributed by atoms with E-state index in [1.807, 2.05) is 10.6 Å². The number of nitrogens with zero attached hydrogens (tertiary/aromatic N) is 4. The van der Waals surface area contributed by atoms with E-state index in [9.17, 15) is 12.8 Å². The van der Waals surface area contributed by atoms with E-state index < -0.39 is 10.0 Å². The maximum Gasteiger partial charge on any atom is 0.243 e. The second kappa shape index (κ2) is 9.95. The zero-order valence-electron chi connectivity index (χ0n) is 17.4. The van der Waals surface area contributed by atoms with Gasteiger partial charge in [-0.25, -0.2) is 12.8 Å². The van der Waals surface area contributed by atoms with E-state index in [2.05, 4.69) is 16.8 Å². The number of morpholine rings is 1. The Morgan fingerprint density at radius 1 is 1.12 bits per heavy atom. The van der Waals surface area contributed by atoms with E-state index in [0.717, 1.165) is 5.56 Å². The summed E-state index contributed by atoms with van der Waals surface area (Å²) in [6.45, 7) is 5.74. The van der Waals surface area contributed by atoms with E-state index in [-0.39, 0.29) is 10.7 Å². The molecule has 0 radical (unpaired) electrons. The number of ether oxygens (including phenoxy) is 1. The first kappa shape index (κ1) is 22.7. The van der Waals surface area contributed by atoms with Gasteiger partial charge in [-0.3, -0.25) is 4.57 Å². The maximum absolute atomic E-state index is 13.1. The molecule has 2 heterocycles. The van der Waals surface area contributed by atoms with Gasteiger partial charge in [-0.15, -0.1) is 16.8 Å². The van der Waals surface area contributed by atoms with Crippen molar-refractivity contribution in [3.63, 3.8) is 0 Å². The van der Waals surface area contributed by atoms with Crippen molar-refractivity contribution in [2.75, 3.05) is 26.3 Å². The van der Waals surface area contributed by atoms with Crippen LogP contribution in [-0.4, -0.2) is 53.8 Å². The Morgan fingerprint density at radius 3 is 2.59 bits per heavy atom. The van der Waals surface area contributed by atoms with Gasteiger partial charge in [0.1, 0.15) is 5.82 Å². The third-order valence-corrected chi connectivity index (χ3v) is 7.94. The van der Waals surface area contributed by atoms with Gasteiger partial charge in [0.2, 0.25) is 10.0 Å². The van der Waals surface area contributed by atoms with Crippen LogP contribution in [0, 0.1) is 5.82 Å². The lowest BCUT2D eigenvalue weighted by Crippen LogP contribution is -2.40. The van der Waals surface area contributed by atoms with Crippen LogP contribution in [0.25, 0.3) is 11.4 Å². The van der Waals surface area contributed by atoms with Crippen LogP contribution in [0.1, 0.15) is 5.56 Å². The van der Waals surface area contributed by atoms with Crippen LogP contribution in [-0.2, 0) is 27.1 Å². The van der Waals surface area contributed by atoms with Crippen LogP contribution in [0.3, 0.4) is 0 Å². The fraction of sp³-hybridized carbons (Fsp3) is 0.273. The second-order valence-corrected chi connectivity index (χ2v) is 10.0. The van der Waals surface area contributed by atoms with Gasteiger partial charge < -0.3 is 4.74 Å². The smallest absolute Gasteiger partial charge is 0.243 e. The number of halogens is 1. The van der Waals surface area contributed by atoms with Crippen molar-refractivity contribution in [1.29, 1.82) is 0 Å². The zero-order valence-corrected chi connectivity index (χ0v) is 19.0. The lowest BCUT2D eigenvalue weighted by atomic mass is 10.2. The monoisotopic (exact) mass is 474 g/mol. The number of hydrogen-bond donors (Lipinski definition) is 0. The van der Waals surface area contributed by atoms with Crippen molar-refractivity contribution >= 4 is 21.8 Å². The molecule has 0 atom stereocenters. The summed E-state index contributed by atoms with van der Waals surface area (Å²) in [6, 6.07) is 13.1. The molecule has 1 aliphatic heterocycles. The van der Waals surface area contributed by atoms with Crippen molar-refractivity contribution in [3.05, 3.63) is 72.6 Å². The molecule has 0 aliphatic carbocycles. The molecule has 7 nitrogen and oxygen atoms in total. The van der Waals surface area contributed by atoms with Crippen LogP contribution in [0.15, 0.2) is 71.2 Å². The Bertz CT molecular complexity index is 1190. The molecule has 0 bridgehead atoms. The van der Waals surface area contributed by atoms with Crippen molar-refractivity contribution in [2.45, 2.75) is 22.3 Å². The van der Waals surface area contributed by atoms with E-state index in [1.54, 1.807) is 36.4 Å². The van der Waals surface area contributed by atoms with Crippen molar-refractivity contribution in [1.82, 2.24) is 19.1 Å². The quantitative estimate of drug-likeness (QED) is 0.367. The minimum Gasteiger partial charge on any atom is -0.379 e. The molecule has 0 amide bonds. The predicted molar refractivity (Wildman–Crippen MR) is 121 cm³/mol. The molecule has 10 heteroatoms. The first-order valence-electron chi connectivity index (χ1n) is 10.1. The van der Waals surface area contributed by atoms with Gasteiger partial charge in [0.15, 0.2) is 11.0 Å². The van der Waals surface area contributed by atoms with Crippen LogP contribution < -0.4 is 0 Å². The first-order chi connectivity index (χ1) is 15.5. The van der Waals surface area contributed by atoms with Crippen molar-refractivity contribution in [2.24, 2.45) is 0 Å². The first-order valence-corrected chi connectivity index (χ1v) is 12.5. The molecule has 2 aromatic carbocycles. The number of aromatic nitrogens is 3. The van der Waals surface area contributed by atoms with Crippen LogP contribution >= 0.6 is 11.8 Å². The molecule has 1 aromatic heterocycles. The molecular weight excluding hydrogens is 451 g/mol. The number of hydrogen-bond acceptors (Lipinski definition) is 6. The molecule has 1 saturated heterocycles. The van der Waals surface area contributed by atoms with Gasteiger partial charge in [-0.2, -0.15) is 4.31 Å². The molecule has 3 aromatic rings. The highest BCUT2D eigenvalue weighted by Gasteiger charge is 2.27. The summed E-state index contributed by atoms with van der Waals surface area (Å²) in [4.78, 5) is 0.213. The lowest BCUT2D eigenvalue weighted by molar-refractivity contribution is 0.0730. The number of benzene rings is 2. The fourth-order valence-electron chi connectivity index (χ4n) is 3.36. The summed E-state index contributed by atoms with van der Waals surface area (Å²) in [5.41, 5.74) is 1.62. The van der Waals surface area contributed by atoms with Crippen LogP contribution in [0.5, 0.6) is 0 Å². The van der Waals surface area contributed by atoms with Gasteiger partial charge in [0.05, 0.1) is 18.1 Å².